The van der Waals surface area contributed by atoms with Gasteiger partial charge in [0.15, 0.2) is 0 Å². The van der Waals surface area contributed by atoms with Crippen LogP contribution >= 0.6 is 0 Å². The number of allylic oxidation sites excluding steroid dienone is 4. The average Bonchev–Trinajstić information content (AvgIpc) is 2.53. The molecule has 0 radical (unpaired) electrons. The van der Waals surface area contributed by atoms with Crippen molar-refractivity contribution in [2.45, 2.75) is 34.6 Å². The van der Waals surface area contributed by atoms with Crippen molar-refractivity contribution in [1.82, 2.24) is 0 Å². The molecule has 0 saturated carbocycles. The van der Waals surface area contributed by atoms with Crippen LogP contribution < -0.4 is 12.4 Å². The molecular weight excluding hydrogens is 339 g/mol. The molecule has 0 aliphatic heterocycles. The molecule has 4 nitrogen and oxygen atoms in total. The zero-order valence-electron chi connectivity index (χ0n) is 13.7. The number of hydrogen-bond donors (Lipinski definition) is 2. The average molecular weight is 363 g/mol. The van der Waals surface area contributed by atoms with E-state index in [2.05, 4.69) is 53.9 Å². The standard InChI is InChI=1S/C10H15.2C3H4O2.ClH.Ti/c1-7-6-10(4,5)9(3)8(7)2;2*1-2-3(4)5;;/h1-5H3;2*2H,1H2,(H,4,5);1H;/q-1;;;;/p-1. The number of halogens is 1. The first-order chi connectivity index (χ1) is 8.99. The summed E-state index contributed by atoms with van der Waals surface area (Å²) in [7, 11) is 0. The Labute approximate surface area is 154 Å². The van der Waals surface area contributed by atoms with Crippen LogP contribution in [0.1, 0.15) is 34.6 Å². The third-order valence-corrected chi connectivity index (χ3v) is 2.91. The molecule has 1 rings (SSSR count). The van der Waals surface area contributed by atoms with Crippen molar-refractivity contribution in [2.75, 3.05) is 0 Å². The van der Waals surface area contributed by atoms with Gasteiger partial charge >= 0.3 is 11.9 Å². The number of rotatable bonds is 2. The molecule has 0 heterocycles. The van der Waals surface area contributed by atoms with Crippen LogP contribution in [0.2, 0.25) is 0 Å². The Morgan fingerprint density at radius 2 is 1.32 bits per heavy atom. The molecule has 2 N–H and O–H groups in total. The largest absolute Gasteiger partial charge is 1.00 e. The van der Waals surface area contributed by atoms with Crippen LogP contribution in [-0.2, 0) is 31.3 Å². The first kappa shape index (κ1) is 29.0. The van der Waals surface area contributed by atoms with Crippen LogP contribution in [-0.4, -0.2) is 22.2 Å². The predicted molar refractivity (Wildman–Crippen MR) is 80.3 cm³/mol. The molecule has 0 amide bonds. The smallest absolute Gasteiger partial charge is 0.327 e. The summed E-state index contributed by atoms with van der Waals surface area (Å²) in [4.78, 5) is 18.5. The SMILES string of the molecule is C=CC(=O)O.C=CC(=O)O.CC1=[C-]C(C)(C)C(C)=C1C.[Cl-].[Ti]. The fourth-order valence-corrected chi connectivity index (χ4v) is 1.41. The van der Waals surface area contributed by atoms with Gasteiger partial charge in [-0.3, -0.25) is 6.08 Å². The van der Waals surface area contributed by atoms with Gasteiger partial charge in [-0.1, -0.05) is 46.3 Å². The molecule has 0 aromatic rings. The molecular formula is C16H23ClO4Ti-2. The summed E-state index contributed by atoms with van der Waals surface area (Å²) in [5.74, 6) is -1.96. The molecule has 0 saturated heterocycles. The maximum absolute atomic E-state index is 9.25. The van der Waals surface area contributed by atoms with Crippen LogP contribution in [0.5, 0.6) is 0 Å². The molecule has 1 aliphatic carbocycles. The van der Waals surface area contributed by atoms with E-state index in [1.807, 2.05) is 0 Å². The Hall–Kier alpha value is -1.10. The van der Waals surface area contributed by atoms with Gasteiger partial charge in [0.1, 0.15) is 0 Å². The summed E-state index contributed by atoms with van der Waals surface area (Å²) in [6.07, 6.45) is 5.10. The zero-order valence-corrected chi connectivity index (χ0v) is 16.0. The first-order valence-corrected chi connectivity index (χ1v) is 6.00. The number of carboxylic acids is 2. The van der Waals surface area contributed by atoms with E-state index in [4.69, 9.17) is 10.2 Å². The molecule has 0 fully saturated rings. The molecule has 124 valence electrons. The number of aliphatic carboxylic acids is 2. The van der Waals surface area contributed by atoms with Gasteiger partial charge < -0.3 is 22.6 Å². The maximum Gasteiger partial charge on any atom is 0.327 e. The molecule has 0 bridgehead atoms. The molecule has 0 aromatic heterocycles. The Bertz CT molecular complexity index is 445. The summed E-state index contributed by atoms with van der Waals surface area (Å²) in [6, 6.07) is 0. The van der Waals surface area contributed by atoms with E-state index in [0.29, 0.717) is 0 Å². The third-order valence-electron chi connectivity index (χ3n) is 2.91. The van der Waals surface area contributed by atoms with Crippen molar-refractivity contribution in [1.29, 1.82) is 0 Å². The second kappa shape index (κ2) is 13.6. The minimum absolute atomic E-state index is 0. The van der Waals surface area contributed by atoms with Crippen molar-refractivity contribution in [2.24, 2.45) is 5.41 Å². The quantitative estimate of drug-likeness (QED) is 0.429. The number of carboxylic acid groups (broad SMARTS) is 2. The monoisotopic (exact) mass is 362 g/mol. The minimum Gasteiger partial charge on any atom is -1.00 e. The van der Waals surface area contributed by atoms with Crippen molar-refractivity contribution < 1.29 is 53.9 Å². The van der Waals surface area contributed by atoms with Crippen molar-refractivity contribution in [3.05, 3.63) is 48.1 Å². The number of hydrogen-bond acceptors (Lipinski definition) is 2. The second-order valence-electron chi connectivity index (χ2n) is 4.71. The van der Waals surface area contributed by atoms with E-state index in [1.54, 1.807) is 0 Å². The van der Waals surface area contributed by atoms with Crippen LogP contribution in [0.25, 0.3) is 0 Å². The fraction of sp³-hybridized carbons (Fsp3) is 0.375. The van der Waals surface area contributed by atoms with Crippen LogP contribution in [0.4, 0.5) is 0 Å². The Morgan fingerprint density at radius 3 is 1.36 bits per heavy atom. The van der Waals surface area contributed by atoms with E-state index >= 15 is 0 Å². The van der Waals surface area contributed by atoms with E-state index in [9.17, 15) is 9.59 Å². The summed E-state index contributed by atoms with van der Waals surface area (Å²) in [6.45, 7) is 16.8. The van der Waals surface area contributed by atoms with Gasteiger partial charge in [0, 0.05) is 33.9 Å². The van der Waals surface area contributed by atoms with Gasteiger partial charge in [0.05, 0.1) is 0 Å². The molecule has 0 aromatic carbocycles. The third kappa shape index (κ3) is 12.6. The van der Waals surface area contributed by atoms with E-state index in [0.717, 1.165) is 12.2 Å². The van der Waals surface area contributed by atoms with Gasteiger partial charge in [-0.15, -0.1) is 6.92 Å². The van der Waals surface area contributed by atoms with E-state index in [-0.39, 0.29) is 39.5 Å². The normalized spacial score (nSPS) is 13.6. The van der Waals surface area contributed by atoms with Crippen LogP contribution in [0.15, 0.2) is 42.0 Å². The summed E-state index contributed by atoms with van der Waals surface area (Å²) < 4.78 is 0. The zero-order chi connectivity index (χ0) is 16.5. The van der Waals surface area contributed by atoms with Gasteiger partial charge in [-0.2, -0.15) is 11.1 Å². The summed E-state index contributed by atoms with van der Waals surface area (Å²) >= 11 is 0. The van der Waals surface area contributed by atoms with Gasteiger partial charge in [-0.25, -0.2) is 15.2 Å². The van der Waals surface area contributed by atoms with Crippen LogP contribution in [0, 0.1) is 11.5 Å². The molecule has 0 atom stereocenters. The van der Waals surface area contributed by atoms with Crippen LogP contribution in [0.3, 0.4) is 0 Å². The predicted octanol–water partition coefficient (Wildman–Crippen LogP) is 0.628. The molecule has 6 heteroatoms. The Balaban J connectivity index is -0.000000117. The topological polar surface area (TPSA) is 74.6 Å². The van der Waals surface area contributed by atoms with Gasteiger partial charge in [-0.05, 0) is 0 Å². The van der Waals surface area contributed by atoms with E-state index in [1.165, 1.54) is 16.7 Å². The molecule has 1 aliphatic rings. The minimum atomic E-state index is -0.981. The molecule has 0 unspecified atom stereocenters. The van der Waals surface area contributed by atoms with Crippen molar-refractivity contribution in [3.63, 3.8) is 0 Å². The van der Waals surface area contributed by atoms with Crippen molar-refractivity contribution >= 4 is 11.9 Å². The second-order valence-corrected chi connectivity index (χ2v) is 4.71. The fourth-order valence-electron chi connectivity index (χ4n) is 1.41. The maximum atomic E-state index is 9.25. The Morgan fingerprint density at radius 1 is 1.05 bits per heavy atom. The Kier molecular flexibility index (Phi) is 17.9. The number of carbonyl (C=O) groups is 2. The van der Waals surface area contributed by atoms with Crippen molar-refractivity contribution in [3.8, 4) is 0 Å². The van der Waals surface area contributed by atoms with E-state index < -0.39 is 11.9 Å². The summed E-state index contributed by atoms with van der Waals surface area (Å²) in [5.41, 5.74) is 4.39. The van der Waals surface area contributed by atoms with Gasteiger partial charge in [0.2, 0.25) is 0 Å². The van der Waals surface area contributed by atoms with Gasteiger partial charge in [0.25, 0.3) is 0 Å². The summed E-state index contributed by atoms with van der Waals surface area (Å²) in [5, 5.41) is 15.2. The molecule has 0 spiro atoms. The first-order valence-electron chi connectivity index (χ1n) is 6.00. The molecule has 22 heavy (non-hydrogen) atoms.